The van der Waals surface area contributed by atoms with Crippen LogP contribution in [0.4, 0.5) is 0 Å². The van der Waals surface area contributed by atoms with Gasteiger partial charge >= 0.3 is 0 Å². The van der Waals surface area contributed by atoms with Gasteiger partial charge in [0.2, 0.25) is 0 Å². The Labute approximate surface area is 99.7 Å². The molecule has 0 spiro atoms. The SMILES string of the molecule is C=C(CS)COC1CC(C)CC(C)(C)C1. The average Bonchev–Trinajstić information content (AvgIpc) is 2.11. The molecular formula is C13H24OS. The predicted molar refractivity (Wildman–Crippen MR) is 69.5 cm³/mol. The van der Waals surface area contributed by atoms with Gasteiger partial charge in [0.1, 0.15) is 0 Å². The Morgan fingerprint density at radius 1 is 1.47 bits per heavy atom. The molecule has 0 bridgehead atoms. The van der Waals surface area contributed by atoms with Crippen LogP contribution in [0, 0.1) is 11.3 Å². The Kier molecular flexibility index (Phi) is 4.72. The Morgan fingerprint density at radius 2 is 2.13 bits per heavy atom. The van der Waals surface area contributed by atoms with Crippen molar-refractivity contribution >= 4 is 12.6 Å². The number of rotatable bonds is 4. The molecule has 0 aromatic rings. The van der Waals surface area contributed by atoms with Crippen molar-refractivity contribution in [1.82, 2.24) is 0 Å². The molecule has 0 saturated heterocycles. The molecule has 1 fully saturated rings. The Balaban J connectivity index is 2.38. The van der Waals surface area contributed by atoms with Crippen LogP contribution in [0.3, 0.4) is 0 Å². The van der Waals surface area contributed by atoms with Crippen LogP contribution in [0.5, 0.6) is 0 Å². The van der Waals surface area contributed by atoms with Gasteiger partial charge in [0.25, 0.3) is 0 Å². The zero-order chi connectivity index (χ0) is 11.5. The molecule has 88 valence electrons. The number of hydrogen-bond donors (Lipinski definition) is 1. The van der Waals surface area contributed by atoms with E-state index in [0.29, 0.717) is 18.1 Å². The van der Waals surface area contributed by atoms with Gasteiger partial charge in [0, 0.05) is 5.75 Å². The molecule has 1 rings (SSSR count). The molecule has 15 heavy (non-hydrogen) atoms. The molecule has 1 saturated carbocycles. The molecular weight excluding hydrogens is 204 g/mol. The smallest absolute Gasteiger partial charge is 0.0685 e. The van der Waals surface area contributed by atoms with E-state index in [9.17, 15) is 0 Å². The van der Waals surface area contributed by atoms with E-state index in [2.05, 4.69) is 40.0 Å². The Hall–Kier alpha value is 0.0500. The van der Waals surface area contributed by atoms with Crippen molar-refractivity contribution in [2.75, 3.05) is 12.4 Å². The highest BCUT2D eigenvalue weighted by Crippen LogP contribution is 2.39. The molecule has 0 aromatic heterocycles. The van der Waals surface area contributed by atoms with Crippen molar-refractivity contribution in [2.45, 2.75) is 46.1 Å². The summed E-state index contributed by atoms with van der Waals surface area (Å²) in [5, 5.41) is 0. The van der Waals surface area contributed by atoms with Crippen LogP contribution in [0.15, 0.2) is 12.2 Å². The molecule has 1 aliphatic carbocycles. The molecule has 2 unspecified atom stereocenters. The molecule has 1 aliphatic rings. The fourth-order valence-corrected chi connectivity index (χ4v) is 2.76. The molecule has 2 atom stereocenters. The lowest BCUT2D eigenvalue weighted by Crippen LogP contribution is -2.33. The maximum absolute atomic E-state index is 5.89. The summed E-state index contributed by atoms with van der Waals surface area (Å²) in [5.74, 6) is 1.51. The maximum atomic E-state index is 5.89. The van der Waals surface area contributed by atoms with Crippen molar-refractivity contribution in [2.24, 2.45) is 11.3 Å². The van der Waals surface area contributed by atoms with E-state index in [1.54, 1.807) is 0 Å². The molecule has 1 nitrogen and oxygen atoms in total. The highest BCUT2D eigenvalue weighted by atomic mass is 32.1. The van der Waals surface area contributed by atoms with Gasteiger partial charge in [-0.05, 0) is 36.2 Å². The second-order valence-corrected chi connectivity index (χ2v) is 6.07. The summed E-state index contributed by atoms with van der Waals surface area (Å²) in [6.07, 6.45) is 4.11. The van der Waals surface area contributed by atoms with Crippen LogP contribution in [-0.4, -0.2) is 18.5 Å². The number of hydrogen-bond acceptors (Lipinski definition) is 2. The minimum absolute atomic E-state index is 0.417. The van der Waals surface area contributed by atoms with Gasteiger partial charge < -0.3 is 4.74 Å². The lowest BCUT2D eigenvalue weighted by atomic mass is 9.71. The topological polar surface area (TPSA) is 9.23 Å². The molecule has 0 radical (unpaired) electrons. The molecule has 0 N–H and O–H groups in total. The summed E-state index contributed by atoms with van der Waals surface area (Å²) in [4.78, 5) is 0. The standard InChI is InChI=1S/C13H24OS/c1-10-5-12(7-13(3,4)6-10)14-8-11(2)9-15/h10,12,15H,2,5-9H2,1,3-4H3. The summed E-state index contributed by atoms with van der Waals surface area (Å²) >= 11 is 4.19. The van der Waals surface area contributed by atoms with Gasteiger partial charge in [-0.1, -0.05) is 27.4 Å². The Bertz CT molecular complexity index is 223. The van der Waals surface area contributed by atoms with E-state index in [1.165, 1.54) is 19.3 Å². The highest BCUT2D eigenvalue weighted by molar-refractivity contribution is 7.80. The van der Waals surface area contributed by atoms with E-state index in [0.717, 1.165) is 17.2 Å². The van der Waals surface area contributed by atoms with Crippen LogP contribution in [0.25, 0.3) is 0 Å². The minimum Gasteiger partial charge on any atom is -0.374 e. The second-order valence-electron chi connectivity index (χ2n) is 5.75. The van der Waals surface area contributed by atoms with E-state index >= 15 is 0 Å². The number of thiol groups is 1. The molecule has 0 aliphatic heterocycles. The number of ether oxygens (including phenoxy) is 1. The average molecular weight is 228 g/mol. The van der Waals surface area contributed by atoms with Crippen LogP contribution in [0.2, 0.25) is 0 Å². The van der Waals surface area contributed by atoms with Crippen molar-refractivity contribution in [3.05, 3.63) is 12.2 Å². The van der Waals surface area contributed by atoms with E-state index in [4.69, 9.17) is 4.74 Å². The third-order valence-corrected chi connectivity index (χ3v) is 3.54. The third-order valence-electron chi connectivity index (χ3n) is 3.09. The fraction of sp³-hybridized carbons (Fsp3) is 0.846. The van der Waals surface area contributed by atoms with Crippen molar-refractivity contribution in [3.8, 4) is 0 Å². The zero-order valence-corrected chi connectivity index (χ0v) is 11.1. The monoisotopic (exact) mass is 228 g/mol. The Morgan fingerprint density at radius 3 is 2.67 bits per heavy atom. The summed E-state index contributed by atoms with van der Waals surface area (Å²) in [7, 11) is 0. The first-order valence-electron chi connectivity index (χ1n) is 5.82. The van der Waals surface area contributed by atoms with E-state index in [-0.39, 0.29) is 0 Å². The van der Waals surface area contributed by atoms with Crippen LogP contribution < -0.4 is 0 Å². The van der Waals surface area contributed by atoms with Gasteiger partial charge in [0.15, 0.2) is 0 Å². The summed E-state index contributed by atoms with van der Waals surface area (Å²) in [6, 6.07) is 0. The van der Waals surface area contributed by atoms with Gasteiger partial charge in [-0.2, -0.15) is 12.6 Å². The van der Waals surface area contributed by atoms with Crippen molar-refractivity contribution in [1.29, 1.82) is 0 Å². The van der Waals surface area contributed by atoms with Crippen molar-refractivity contribution in [3.63, 3.8) is 0 Å². The zero-order valence-electron chi connectivity index (χ0n) is 10.3. The third kappa shape index (κ3) is 4.60. The maximum Gasteiger partial charge on any atom is 0.0685 e. The predicted octanol–water partition coefficient (Wildman–Crippen LogP) is 3.70. The normalized spacial score (nSPS) is 30.1. The van der Waals surface area contributed by atoms with Crippen LogP contribution in [0.1, 0.15) is 40.0 Å². The first-order valence-corrected chi connectivity index (χ1v) is 6.45. The second kappa shape index (κ2) is 5.40. The summed E-state index contributed by atoms with van der Waals surface area (Å²) in [6.45, 7) is 11.6. The summed E-state index contributed by atoms with van der Waals surface area (Å²) < 4.78 is 5.89. The van der Waals surface area contributed by atoms with Gasteiger partial charge in [-0.15, -0.1) is 0 Å². The quantitative estimate of drug-likeness (QED) is 0.570. The summed E-state index contributed by atoms with van der Waals surface area (Å²) in [5.41, 5.74) is 1.51. The van der Waals surface area contributed by atoms with Gasteiger partial charge in [-0.3, -0.25) is 0 Å². The van der Waals surface area contributed by atoms with Crippen LogP contribution in [-0.2, 0) is 4.74 Å². The van der Waals surface area contributed by atoms with E-state index in [1.807, 2.05) is 0 Å². The lowest BCUT2D eigenvalue weighted by Gasteiger charge is -2.38. The van der Waals surface area contributed by atoms with Crippen molar-refractivity contribution < 1.29 is 4.74 Å². The van der Waals surface area contributed by atoms with Crippen LogP contribution >= 0.6 is 12.6 Å². The van der Waals surface area contributed by atoms with Gasteiger partial charge in [0.05, 0.1) is 12.7 Å². The highest BCUT2D eigenvalue weighted by Gasteiger charge is 2.32. The fourth-order valence-electron chi connectivity index (χ4n) is 2.67. The van der Waals surface area contributed by atoms with Gasteiger partial charge in [-0.25, -0.2) is 0 Å². The lowest BCUT2D eigenvalue weighted by molar-refractivity contribution is -0.0131. The first-order chi connectivity index (χ1) is 6.93. The molecule has 0 amide bonds. The van der Waals surface area contributed by atoms with E-state index < -0.39 is 0 Å². The first kappa shape index (κ1) is 13.1. The molecule has 0 heterocycles. The molecule has 0 aromatic carbocycles. The minimum atomic E-state index is 0.417. The molecule has 2 heteroatoms. The largest absolute Gasteiger partial charge is 0.374 e.